The minimum absolute atomic E-state index is 0.0508. The molecule has 0 aliphatic carbocycles. The maximum Gasteiger partial charge on any atom is 0.225 e. The van der Waals surface area contributed by atoms with Gasteiger partial charge in [0.15, 0.2) is 0 Å². The monoisotopic (exact) mass is 342 g/mol. The molecule has 2 rings (SSSR count). The van der Waals surface area contributed by atoms with Crippen LogP contribution in [0.2, 0.25) is 0 Å². The Morgan fingerprint density at radius 1 is 1.20 bits per heavy atom. The van der Waals surface area contributed by atoms with E-state index >= 15 is 0 Å². The fraction of sp³-hybridized carbons (Fsp3) is 0.350. The van der Waals surface area contributed by atoms with Crippen LogP contribution in [-0.2, 0) is 4.79 Å². The van der Waals surface area contributed by atoms with Gasteiger partial charge in [-0.05, 0) is 43.2 Å². The molecule has 0 spiro atoms. The van der Waals surface area contributed by atoms with Crippen molar-refractivity contribution in [3.8, 4) is 5.75 Å². The van der Waals surface area contributed by atoms with Crippen LogP contribution in [0, 0.1) is 6.92 Å². The van der Waals surface area contributed by atoms with Crippen molar-refractivity contribution in [2.24, 2.45) is 0 Å². The van der Waals surface area contributed by atoms with Gasteiger partial charge in [0.2, 0.25) is 5.91 Å². The largest absolute Gasteiger partial charge is 0.497 e. The van der Waals surface area contributed by atoms with Crippen molar-refractivity contribution in [3.63, 3.8) is 0 Å². The summed E-state index contributed by atoms with van der Waals surface area (Å²) >= 11 is 0. The van der Waals surface area contributed by atoms with E-state index in [2.05, 4.69) is 10.6 Å². The van der Waals surface area contributed by atoms with Gasteiger partial charge >= 0.3 is 0 Å². The van der Waals surface area contributed by atoms with Gasteiger partial charge in [-0.15, -0.1) is 0 Å². The molecule has 25 heavy (non-hydrogen) atoms. The average Bonchev–Trinajstić information content (AvgIpc) is 2.61. The molecule has 2 aromatic rings. The molecule has 2 aromatic carbocycles. The number of ether oxygens (including phenoxy) is 1. The Bertz CT molecular complexity index is 703. The van der Waals surface area contributed by atoms with Gasteiger partial charge in [-0.2, -0.15) is 0 Å². The highest BCUT2D eigenvalue weighted by atomic mass is 16.5. The number of para-hydroxylation sites is 1. The van der Waals surface area contributed by atoms with E-state index in [-0.39, 0.29) is 11.9 Å². The van der Waals surface area contributed by atoms with Crippen LogP contribution in [0.25, 0.3) is 0 Å². The molecule has 0 saturated heterocycles. The summed E-state index contributed by atoms with van der Waals surface area (Å²) in [7, 11) is 1.60. The fourth-order valence-electron chi connectivity index (χ4n) is 2.54. The van der Waals surface area contributed by atoms with E-state index < -0.39 is 6.10 Å². The normalized spacial score (nSPS) is 13.1. The summed E-state index contributed by atoms with van der Waals surface area (Å²) in [5.74, 6) is 0.660. The van der Waals surface area contributed by atoms with Gasteiger partial charge in [0, 0.05) is 24.7 Å². The number of nitrogens with one attached hydrogen (secondary N) is 2. The van der Waals surface area contributed by atoms with Crippen molar-refractivity contribution in [3.05, 3.63) is 59.7 Å². The maximum atomic E-state index is 12.1. The molecular formula is C20H26N2O3. The van der Waals surface area contributed by atoms with Crippen molar-refractivity contribution in [1.82, 2.24) is 5.32 Å². The Morgan fingerprint density at radius 2 is 1.96 bits per heavy atom. The number of aliphatic hydroxyl groups excluding tert-OH is 1. The quantitative estimate of drug-likeness (QED) is 0.690. The molecule has 0 bridgehead atoms. The molecule has 2 atom stereocenters. The van der Waals surface area contributed by atoms with E-state index in [0.717, 1.165) is 16.8 Å². The first kappa shape index (κ1) is 19.0. The van der Waals surface area contributed by atoms with Crippen LogP contribution >= 0.6 is 0 Å². The molecule has 0 aliphatic heterocycles. The first-order valence-corrected chi connectivity index (χ1v) is 8.40. The Morgan fingerprint density at radius 3 is 2.68 bits per heavy atom. The molecule has 5 heteroatoms. The highest BCUT2D eigenvalue weighted by Crippen LogP contribution is 2.19. The molecule has 3 N–H and O–H groups in total. The van der Waals surface area contributed by atoms with Gasteiger partial charge in [-0.3, -0.25) is 4.79 Å². The van der Waals surface area contributed by atoms with Crippen LogP contribution in [0.4, 0.5) is 5.69 Å². The van der Waals surface area contributed by atoms with Gasteiger partial charge in [-0.25, -0.2) is 0 Å². The van der Waals surface area contributed by atoms with Crippen LogP contribution in [0.5, 0.6) is 5.75 Å². The van der Waals surface area contributed by atoms with Crippen LogP contribution in [0.1, 0.15) is 30.6 Å². The number of carbonyl (C=O) groups excluding carboxylic acids is 1. The SMILES string of the molecule is COc1cccc([C@@H](O)CN[C@@H](C)CC(=O)Nc2ccccc2C)c1. The summed E-state index contributed by atoms with van der Waals surface area (Å²) in [5, 5.41) is 16.4. The summed E-state index contributed by atoms with van der Waals surface area (Å²) in [6.45, 7) is 4.25. The minimum atomic E-state index is -0.656. The summed E-state index contributed by atoms with van der Waals surface area (Å²) in [6, 6.07) is 15.0. The minimum Gasteiger partial charge on any atom is -0.497 e. The van der Waals surface area contributed by atoms with Gasteiger partial charge in [0.1, 0.15) is 5.75 Å². The zero-order valence-electron chi connectivity index (χ0n) is 15.0. The predicted molar refractivity (Wildman–Crippen MR) is 99.8 cm³/mol. The third-order valence-electron chi connectivity index (χ3n) is 4.05. The molecule has 0 saturated carbocycles. The second kappa shape index (κ2) is 9.20. The number of rotatable bonds is 8. The smallest absolute Gasteiger partial charge is 0.225 e. The second-order valence-corrected chi connectivity index (χ2v) is 6.17. The van der Waals surface area contributed by atoms with Crippen molar-refractivity contribution < 1.29 is 14.6 Å². The molecule has 5 nitrogen and oxygen atoms in total. The highest BCUT2D eigenvalue weighted by molar-refractivity contribution is 5.91. The summed E-state index contributed by atoms with van der Waals surface area (Å²) in [6.07, 6.45) is -0.323. The van der Waals surface area contributed by atoms with Gasteiger partial charge in [0.25, 0.3) is 0 Å². The standard InChI is InChI=1S/C20H26N2O3/c1-14-7-4-5-10-18(14)22-20(24)11-15(2)21-13-19(23)16-8-6-9-17(12-16)25-3/h4-10,12,15,19,21,23H,11,13H2,1-3H3,(H,22,24)/t15-,19-/m0/s1. The van der Waals surface area contributed by atoms with Crippen LogP contribution in [0.3, 0.4) is 0 Å². The van der Waals surface area contributed by atoms with E-state index in [0.29, 0.717) is 18.7 Å². The lowest BCUT2D eigenvalue weighted by molar-refractivity contribution is -0.116. The van der Waals surface area contributed by atoms with Crippen molar-refractivity contribution >= 4 is 11.6 Å². The molecule has 0 radical (unpaired) electrons. The maximum absolute atomic E-state index is 12.1. The number of hydrogen-bond donors (Lipinski definition) is 3. The molecule has 0 fully saturated rings. The average molecular weight is 342 g/mol. The molecular weight excluding hydrogens is 316 g/mol. The van der Waals surface area contributed by atoms with E-state index in [1.54, 1.807) is 7.11 Å². The summed E-state index contributed by atoms with van der Waals surface area (Å²) < 4.78 is 5.17. The zero-order valence-corrected chi connectivity index (χ0v) is 15.0. The topological polar surface area (TPSA) is 70.6 Å². The molecule has 0 heterocycles. The number of hydrogen-bond acceptors (Lipinski definition) is 4. The number of carbonyl (C=O) groups is 1. The lowest BCUT2D eigenvalue weighted by Gasteiger charge is -2.18. The van der Waals surface area contributed by atoms with Crippen molar-refractivity contribution in [1.29, 1.82) is 0 Å². The van der Waals surface area contributed by atoms with Crippen LogP contribution < -0.4 is 15.4 Å². The van der Waals surface area contributed by atoms with E-state index in [4.69, 9.17) is 4.74 Å². The third-order valence-corrected chi connectivity index (χ3v) is 4.05. The third kappa shape index (κ3) is 5.89. The van der Waals surface area contributed by atoms with Gasteiger partial charge in [-0.1, -0.05) is 30.3 Å². The molecule has 1 amide bonds. The summed E-state index contributed by atoms with van der Waals surface area (Å²) in [5.41, 5.74) is 2.64. The lowest BCUT2D eigenvalue weighted by atomic mass is 10.1. The van der Waals surface area contributed by atoms with Gasteiger partial charge < -0.3 is 20.5 Å². The molecule has 0 aromatic heterocycles. The highest BCUT2D eigenvalue weighted by Gasteiger charge is 2.13. The van der Waals surface area contributed by atoms with Crippen LogP contribution in [0.15, 0.2) is 48.5 Å². The number of methoxy groups -OCH3 is 1. The van der Waals surface area contributed by atoms with E-state index in [1.807, 2.05) is 62.4 Å². The number of amides is 1. The lowest BCUT2D eigenvalue weighted by Crippen LogP contribution is -2.33. The number of aryl methyl sites for hydroxylation is 1. The van der Waals surface area contributed by atoms with E-state index in [1.165, 1.54) is 0 Å². The zero-order chi connectivity index (χ0) is 18.2. The Labute approximate surface area is 149 Å². The van der Waals surface area contributed by atoms with E-state index in [9.17, 15) is 9.90 Å². The van der Waals surface area contributed by atoms with Crippen LogP contribution in [-0.4, -0.2) is 30.7 Å². The molecule has 0 unspecified atom stereocenters. The predicted octanol–water partition coefficient (Wildman–Crippen LogP) is 3.04. The molecule has 0 aliphatic rings. The first-order chi connectivity index (χ1) is 12.0. The summed E-state index contributed by atoms with van der Waals surface area (Å²) in [4.78, 5) is 12.1. The molecule has 134 valence electrons. The Hall–Kier alpha value is -2.37. The van der Waals surface area contributed by atoms with Crippen molar-refractivity contribution in [2.75, 3.05) is 19.0 Å². The second-order valence-electron chi connectivity index (χ2n) is 6.17. The number of benzene rings is 2. The van der Waals surface area contributed by atoms with Gasteiger partial charge in [0.05, 0.1) is 13.2 Å². The van der Waals surface area contributed by atoms with Crippen molar-refractivity contribution in [2.45, 2.75) is 32.4 Å². The number of aliphatic hydroxyl groups is 1. The Kier molecular flexibility index (Phi) is 6.98. The fourth-order valence-corrected chi connectivity index (χ4v) is 2.54. The first-order valence-electron chi connectivity index (χ1n) is 8.40. The number of anilines is 1. The Balaban J connectivity index is 1.80.